The molecule has 1 aliphatic rings. The fourth-order valence-electron chi connectivity index (χ4n) is 2.71. The average molecular weight is 491 g/mol. The Kier molecular flexibility index (Phi) is 7.44. The van der Waals surface area contributed by atoms with E-state index in [1.807, 2.05) is 57.2 Å². The van der Waals surface area contributed by atoms with Crippen molar-refractivity contribution in [3.05, 3.63) is 51.3 Å². The molecule has 0 aromatic heterocycles. The summed E-state index contributed by atoms with van der Waals surface area (Å²) < 4.78 is 17.5. The first-order valence-corrected chi connectivity index (χ1v) is 11.1. The number of amidine groups is 1. The predicted octanol–water partition coefficient (Wildman–Crippen LogP) is 5.54. The molecule has 8 heteroatoms. The molecule has 1 heterocycles. The molecule has 1 saturated heterocycles. The van der Waals surface area contributed by atoms with Crippen molar-refractivity contribution >= 4 is 50.5 Å². The van der Waals surface area contributed by atoms with Crippen molar-refractivity contribution < 1.29 is 19.0 Å². The fourth-order valence-corrected chi connectivity index (χ4v) is 4.10. The largest absolute Gasteiger partial charge is 0.494 e. The SMILES string of the molecule is CCOc1ccc(N=C2NC(=O)/C(=C/c3cc(Br)c(OC(C)C)c(OC)c3)S2)cc1. The van der Waals surface area contributed by atoms with Crippen LogP contribution in [0.25, 0.3) is 6.08 Å². The summed E-state index contributed by atoms with van der Waals surface area (Å²) in [6.45, 7) is 6.45. The van der Waals surface area contributed by atoms with Crippen LogP contribution in [-0.4, -0.2) is 30.9 Å². The van der Waals surface area contributed by atoms with E-state index >= 15 is 0 Å². The van der Waals surface area contributed by atoms with E-state index in [0.717, 1.165) is 21.5 Å². The summed E-state index contributed by atoms with van der Waals surface area (Å²) >= 11 is 4.82. The van der Waals surface area contributed by atoms with Crippen molar-refractivity contribution in [1.82, 2.24) is 5.32 Å². The molecule has 2 aromatic rings. The number of nitrogens with zero attached hydrogens (tertiary/aromatic N) is 1. The number of hydrogen-bond donors (Lipinski definition) is 1. The number of halogens is 1. The van der Waals surface area contributed by atoms with Gasteiger partial charge in [0.25, 0.3) is 5.91 Å². The Morgan fingerprint density at radius 2 is 1.97 bits per heavy atom. The van der Waals surface area contributed by atoms with Gasteiger partial charge >= 0.3 is 0 Å². The van der Waals surface area contributed by atoms with Crippen molar-refractivity contribution in [1.29, 1.82) is 0 Å². The third kappa shape index (κ3) is 5.58. The lowest BCUT2D eigenvalue weighted by atomic mass is 10.2. The molecule has 0 bridgehead atoms. The highest BCUT2D eigenvalue weighted by Crippen LogP contribution is 2.39. The van der Waals surface area contributed by atoms with Gasteiger partial charge in [0.15, 0.2) is 16.7 Å². The maximum absolute atomic E-state index is 12.4. The quantitative estimate of drug-likeness (QED) is 0.516. The Bertz CT molecular complexity index is 987. The van der Waals surface area contributed by atoms with Crippen molar-refractivity contribution in [2.75, 3.05) is 13.7 Å². The molecule has 2 aromatic carbocycles. The van der Waals surface area contributed by atoms with Gasteiger partial charge in [-0.2, -0.15) is 0 Å². The fraction of sp³-hybridized carbons (Fsp3) is 0.273. The molecule has 0 unspecified atom stereocenters. The lowest BCUT2D eigenvalue weighted by Crippen LogP contribution is -2.19. The Hall–Kier alpha value is -2.45. The Balaban J connectivity index is 1.81. The Morgan fingerprint density at radius 3 is 2.60 bits per heavy atom. The second-order valence-corrected chi connectivity index (χ2v) is 8.49. The minimum Gasteiger partial charge on any atom is -0.494 e. The molecule has 0 atom stereocenters. The van der Waals surface area contributed by atoms with E-state index in [4.69, 9.17) is 14.2 Å². The van der Waals surface area contributed by atoms with Gasteiger partial charge in [0.2, 0.25) is 0 Å². The number of rotatable bonds is 7. The zero-order chi connectivity index (χ0) is 21.7. The molecule has 1 N–H and O–H groups in total. The van der Waals surface area contributed by atoms with Crippen LogP contribution in [0.4, 0.5) is 5.69 Å². The molecule has 3 rings (SSSR count). The number of aliphatic imine (C=N–C) groups is 1. The predicted molar refractivity (Wildman–Crippen MR) is 125 cm³/mol. The normalized spacial score (nSPS) is 16.3. The van der Waals surface area contributed by atoms with E-state index in [2.05, 4.69) is 26.2 Å². The van der Waals surface area contributed by atoms with Crippen LogP contribution in [0.2, 0.25) is 0 Å². The maximum Gasteiger partial charge on any atom is 0.264 e. The molecule has 1 aliphatic heterocycles. The van der Waals surface area contributed by atoms with E-state index in [-0.39, 0.29) is 12.0 Å². The van der Waals surface area contributed by atoms with Gasteiger partial charge in [0.05, 0.1) is 34.9 Å². The van der Waals surface area contributed by atoms with E-state index < -0.39 is 0 Å². The van der Waals surface area contributed by atoms with Crippen LogP contribution >= 0.6 is 27.7 Å². The van der Waals surface area contributed by atoms with Crippen LogP contribution in [-0.2, 0) is 4.79 Å². The molecule has 0 saturated carbocycles. The first-order valence-electron chi connectivity index (χ1n) is 9.46. The highest BCUT2D eigenvalue weighted by Gasteiger charge is 2.24. The second-order valence-electron chi connectivity index (χ2n) is 6.61. The van der Waals surface area contributed by atoms with Crippen LogP contribution in [0.15, 0.2) is 50.8 Å². The minimum absolute atomic E-state index is 0.0111. The highest BCUT2D eigenvalue weighted by molar-refractivity contribution is 9.10. The van der Waals surface area contributed by atoms with Gasteiger partial charge in [-0.05, 0) is 96.5 Å². The van der Waals surface area contributed by atoms with Gasteiger partial charge in [-0.3, -0.25) is 4.79 Å². The Morgan fingerprint density at radius 1 is 1.23 bits per heavy atom. The summed E-state index contributed by atoms with van der Waals surface area (Å²) in [5.41, 5.74) is 1.55. The summed E-state index contributed by atoms with van der Waals surface area (Å²) in [7, 11) is 1.59. The van der Waals surface area contributed by atoms with Gasteiger partial charge in [-0.15, -0.1) is 0 Å². The van der Waals surface area contributed by atoms with Crippen LogP contribution < -0.4 is 19.5 Å². The summed E-state index contributed by atoms with van der Waals surface area (Å²) in [5.74, 6) is 1.82. The van der Waals surface area contributed by atoms with Crippen molar-refractivity contribution in [2.45, 2.75) is 26.9 Å². The summed E-state index contributed by atoms with van der Waals surface area (Å²) in [6, 6.07) is 11.1. The summed E-state index contributed by atoms with van der Waals surface area (Å²) in [5, 5.41) is 3.33. The third-order valence-electron chi connectivity index (χ3n) is 3.93. The van der Waals surface area contributed by atoms with Crippen molar-refractivity contribution in [3.63, 3.8) is 0 Å². The van der Waals surface area contributed by atoms with E-state index in [9.17, 15) is 4.79 Å². The molecule has 0 aliphatic carbocycles. The van der Waals surface area contributed by atoms with E-state index in [1.165, 1.54) is 11.8 Å². The molecule has 0 spiro atoms. The van der Waals surface area contributed by atoms with Crippen LogP contribution in [0, 0.1) is 0 Å². The highest BCUT2D eigenvalue weighted by atomic mass is 79.9. The molecule has 1 fully saturated rings. The molecule has 0 radical (unpaired) electrons. The van der Waals surface area contributed by atoms with E-state index in [1.54, 1.807) is 13.2 Å². The molecule has 30 heavy (non-hydrogen) atoms. The molecule has 158 valence electrons. The number of ether oxygens (including phenoxy) is 3. The zero-order valence-corrected chi connectivity index (χ0v) is 19.6. The second kappa shape index (κ2) is 10.0. The van der Waals surface area contributed by atoms with Crippen LogP contribution in [0.5, 0.6) is 17.2 Å². The number of benzene rings is 2. The first kappa shape index (κ1) is 22.2. The standard InChI is InChI=1S/C22H23BrN2O4S/c1-5-28-16-8-6-15(7-9-16)24-22-25-21(26)19(30-22)12-14-10-17(23)20(29-13(2)3)18(11-14)27-4/h6-13H,5H2,1-4H3,(H,24,25,26)/b19-12-. The van der Waals surface area contributed by atoms with E-state index in [0.29, 0.717) is 28.2 Å². The molecule has 1 amide bonds. The number of carbonyl (C=O) groups excluding carboxylic acids is 1. The summed E-state index contributed by atoms with van der Waals surface area (Å²) in [4.78, 5) is 17.4. The summed E-state index contributed by atoms with van der Waals surface area (Å²) in [6.07, 6.45) is 1.81. The lowest BCUT2D eigenvalue weighted by molar-refractivity contribution is -0.115. The monoisotopic (exact) mass is 490 g/mol. The minimum atomic E-state index is -0.192. The van der Waals surface area contributed by atoms with Gasteiger partial charge in [0.1, 0.15) is 5.75 Å². The number of nitrogens with one attached hydrogen (secondary N) is 1. The average Bonchev–Trinajstić information content (AvgIpc) is 3.04. The lowest BCUT2D eigenvalue weighted by Gasteiger charge is -2.16. The first-order chi connectivity index (χ1) is 14.4. The molecular weight excluding hydrogens is 468 g/mol. The Labute approximate surface area is 188 Å². The van der Waals surface area contributed by atoms with Gasteiger partial charge in [-0.25, -0.2) is 4.99 Å². The van der Waals surface area contributed by atoms with Gasteiger partial charge in [0, 0.05) is 0 Å². The van der Waals surface area contributed by atoms with Gasteiger partial charge < -0.3 is 19.5 Å². The van der Waals surface area contributed by atoms with Crippen molar-refractivity contribution in [3.8, 4) is 17.2 Å². The smallest absolute Gasteiger partial charge is 0.264 e. The van der Waals surface area contributed by atoms with Crippen LogP contribution in [0.3, 0.4) is 0 Å². The number of thioether (sulfide) groups is 1. The van der Waals surface area contributed by atoms with Gasteiger partial charge in [-0.1, -0.05) is 0 Å². The topological polar surface area (TPSA) is 69.2 Å². The molecular formula is C22H23BrN2O4S. The van der Waals surface area contributed by atoms with Crippen molar-refractivity contribution in [2.24, 2.45) is 4.99 Å². The number of amides is 1. The molecule has 6 nitrogen and oxygen atoms in total. The number of hydrogen-bond acceptors (Lipinski definition) is 6. The van der Waals surface area contributed by atoms with Crippen LogP contribution in [0.1, 0.15) is 26.3 Å². The zero-order valence-electron chi connectivity index (χ0n) is 17.2. The number of carbonyl (C=O) groups is 1. The third-order valence-corrected chi connectivity index (χ3v) is 5.43. The maximum atomic E-state index is 12.4. The number of methoxy groups -OCH3 is 1.